The lowest BCUT2D eigenvalue weighted by Gasteiger charge is -2.02. The number of carbonyl (C=O) groups is 2. The smallest absolute Gasteiger partial charge is 0.153 e. The Hall–Kier alpha value is -1.64. The van der Waals surface area contributed by atoms with Crippen molar-refractivity contribution in [1.82, 2.24) is 0 Å². The summed E-state index contributed by atoms with van der Waals surface area (Å²) in [4.78, 5) is 20.7. The van der Waals surface area contributed by atoms with Crippen LogP contribution < -0.4 is 4.74 Å². The highest BCUT2D eigenvalue weighted by molar-refractivity contribution is 5.83. The monoisotopic (exact) mass is 164 g/mol. The Labute approximate surface area is 70.0 Å². The molecule has 1 rings (SSSR count). The highest BCUT2D eigenvalue weighted by atomic mass is 16.5. The van der Waals surface area contributed by atoms with Gasteiger partial charge >= 0.3 is 0 Å². The largest absolute Gasteiger partial charge is 0.496 e. The number of hydrogen-bond donors (Lipinski definition) is 0. The van der Waals surface area contributed by atoms with E-state index in [1.807, 2.05) is 0 Å². The van der Waals surface area contributed by atoms with E-state index in [0.29, 0.717) is 29.4 Å². The van der Waals surface area contributed by atoms with E-state index in [4.69, 9.17) is 4.74 Å². The Morgan fingerprint density at radius 3 is 2.50 bits per heavy atom. The predicted octanol–water partition coefficient (Wildman–Crippen LogP) is 1.32. The molecule has 0 radical (unpaired) electrons. The lowest BCUT2D eigenvalue weighted by atomic mass is 10.1. The average molecular weight is 164 g/mol. The summed E-state index contributed by atoms with van der Waals surface area (Å²) in [5.41, 5.74) is 0.945. The first-order valence-electron chi connectivity index (χ1n) is 3.40. The van der Waals surface area contributed by atoms with E-state index in [1.54, 1.807) is 12.1 Å². The minimum atomic E-state index is 0.426. The van der Waals surface area contributed by atoms with Crippen LogP contribution in [0.1, 0.15) is 20.7 Å². The molecule has 0 bridgehead atoms. The highest BCUT2D eigenvalue weighted by Crippen LogP contribution is 2.16. The molecule has 0 saturated carbocycles. The van der Waals surface area contributed by atoms with Crippen LogP contribution in [0.5, 0.6) is 5.75 Å². The van der Waals surface area contributed by atoms with Crippen molar-refractivity contribution >= 4 is 12.6 Å². The van der Waals surface area contributed by atoms with Crippen LogP contribution in [-0.4, -0.2) is 19.7 Å². The summed E-state index contributed by atoms with van der Waals surface area (Å²) in [6.45, 7) is 0. The van der Waals surface area contributed by atoms with Crippen molar-refractivity contribution in [3.8, 4) is 5.75 Å². The summed E-state index contributed by atoms with van der Waals surface area (Å²) < 4.78 is 4.89. The number of hydrogen-bond acceptors (Lipinski definition) is 3. The Balaban J connectivity index is 3.18. The van der Waals surface area contributed by atoms with E-state index in [1.165, 1.54) is 13.2 Å². The molecule has 1 aromatic rings. The molecule has 0 aliphatic carbocycles. The number of benzene rings is 1. The van der Waals surface area contributed by atoms with Crippen LogP contribution in [0, 0.1) is 0 Å². The average Bonchev–Trinajstić information content (AvgIpc) is 2.16. The van der Waals surface area contributed by atoms with Gasteiger partial charge in [-0.05, 0) is 12.1 Å². The second kappa shape index (κ2) is 3.67. The predicted molar refractivity (Wildman–Crippen MR) is 43.8 cm³/mol. The fraction of sp³-hybridized carbons (Fsp3) is 0.111. The zero-order valence-electron chi connectivity index (χ0n) is 6.61. The van der Waals surface area contributed by atoms with Crippen molar-refractivity contribution in [2.75, 3.05) is 7.11 Å². The van der Waals surface area contributed by atoms with Crippen LogP contribution in [0.25, 0.3) is 0 Å². The molecule has 3 heteroatoms. The summed E-state index contributed by atoms with van der Waals surface area (Å²) in [5, 5.41) is 0. The van der Waals surface area contributed by atoms with Gasteiger partial charge in [0.05, 0.1) is 12.7 Å². The van der Waals surface area contributed by atoms with E-state index < -0.39 is 0 Å². The molecule has 12 heavy (non-hydrogen) atoms. The van der Waals surface area contributed by atoms with E-state index in [2.05, 4.69) is 0 Å². The molecular weight excluding hydrogens is 156 g/mol. The fourth-order valence-electron chi connectivity index (χ4n) is 0.898. The van der Waals surface area contributed by atoms with Crippen molar-refractivity contribution in [2.24, 2.45) is 0 Å². The van der Waals surface area contributed by atoms with Gasteiger partial charge < -0.3 is 4.74 Å². The van der Waals surface area contributed by atoms with Crippen molar-refractivity contribution in [3.05, 3.63) is 29.3 Å². The second-order valence-corrected chi connectivity index (χ2v) is 2.24. The fourth-order valence-corrected chi connectivity index (χ4v) is 0.898. The molecule has 0 aliphatic rings. The van der Waals surface area contributed by atoms with Crippen LogP contribution in [-0.2, 0) is 0 Å². The molecule has 0 amide bonds. The van der Waals surface area contributed by atoms with E-state index in [0.717, 1.165) is 0 Å². The Kier molecular flexibility index (Phi) is 2.58. The van der Waals surface area contributed by atoms with Gasteiger partial charge in [0, 0.05) is 5.56 Å². The van der Waals surface area contributed by atoms with Crippen LogP contribution in [0.15, 0.2) is 18.2 Å². The molecule has 0 aliphatic heterocycles. The zero-order chi connectivity index (χ0) is 8.97. The van der Waals surface area contributed by atoms with Crippen LogP contribution in [0.2, 0.25) is 0 Å². The zero-order valence-corrected chi connectivity index (χ0v) is 6.61. The summed E-state index contributed by atoms with van der Waals surface area (Å²) >= 11 is 0. The van der Waals surface area contributed by atoms with E-state index in [-0.39, 0.29) is 0 Å². The molecular formula is C9H8O3. The van der Waals surface area contributed by atoms with E-state index in [9.17, 15) is 9.59 Å². The molecule has 3 nitrogen and oxygen atoms in total. The third-order valence-corrected chi connectivity index (χ3v) is 1.52. The van der Waals surface area contributed by atoms with Gasteiger partial charge in [0.25, 0.3) is 0 Å². The SMILES string of the molecule is COc1cc(C=O)ccc1C=O. The van der Waals surface area contributed by atoms with Gasteiger partial charge in [0.1, 0.15) is 12.0 Å². The van der Waals surface area contributed by atoms with Gasteiger partial charge in [-0.25, -0.2) is 0 Å². The molecule has 0 saturated heterocycles. The van der Waals surface area contributed by atoms with Crippen molar-refractivity contribution in [1.29, 1.82) is 0 Å². The summed E-state index contributed by atoms with van der Waals surface area (Å²) in [5.74, 6) is 0.426. The standard InChI is InChI=1S/C9H8O3/c1-12-9-4-7(5-10)2-3-8(9)6-11/h2-6H,1H3. The lowest BCUT2D eigenvalue weighted by Crippen LogP contribution is -1.91. The van der Waals surface area contributed by atoms with Crippen LogP contribution >= 0.6 is 0 Å². The number of ether oxygens (including phenoxy) is 1. The maximum absolute atomic E-state index is 10.4. The number of rotatable bonds is 3. The number of methoxy groups -OCH3 is 1. The third kappa shape index (κ3) is 1.50. The van der Waals surface area contributed by atoms with Gasteiger partial charge in [-0.1, -0.05) is 6.07 Å². The molecule has 62 valence electrons. The minimum absolute atomic E-state index is 0.426. The van der Waals surface area contributed by atoms with Crippen LogP contribution in [0.4, 0.5) is 0 Å². The maximum atomic E-state index is 10.4. The normalized spacial score (nSPS) is 9.08. The first-order chi connectivity index (χ1) is 5.81. The topological polar surface area (TPSA) is 43.4 Å². The summed E-state index contributed by atoms with van der Waals surface area (Å²) in [6, 6.07) is 4.64. The molecule has 0 fully saturated rings. The lowest BCUT2D eigenvalue weighted by molar-refractivity contribution is 0.111. The Bertz CT molecular complexity index is 305. The third-order valence-electron chi connectivity index (χ3n) is 1.52. The Morgan fingerprint density at radius 1 is 1.25 bits per heavy atom. The van der Waals surface area contributed by atoms with Gasteiger partial charge in [0.2, 0.25) is 0 Å². The van der Waals surface area contributed by atoms with Gasteiger partial charge in [0.15, 0.2) is 6.29 Å². The molecule has 0 spiro atoms. The van der Waals surface area contributed by atoms with E-state index >= 15 is 0 Å². The Morgan fingerprint density at radius 2 is 2.00 bits per heavy atom. The van der Waals surface area contributed by atoms with Gasteiger partial charge in [-0.15, -0.1) is 0 Å². The molecule has 0 heterocycles. The number of carbonyl (C=O) groups excluding carboxylic acids is 2. The van der Waals surface area contributed by atoms with Gasteiger partial charge in [-0.2, -0.15) is 0 Å². The van der Waals surface area contributed by atoms with Crippen molar-refractivity contribution in [2.45, 2.75) is 0 Å². The quantitative estimate of drug-likeness (QED) is 0.633. The molecule has 1 aromatic carbocycles. The number of aldehydes is 2. The minimum Gasteiger partial charge on any atom is -0.496 e. The first kappa shape index (κ1) is 8.46. The highest BCUT2D eigenvalue weighted by Gasteiger charge is 2.01. The first-order valence-corrected chi connectivity index (χ1v) is 3.40. The van der Waals surface area contributed by atoms with Crippen molar-refractivity contribution < 1.29 is 14.3 Å². The van der Waals surface area contributed by atoms with Crippen LogP contribution in [0.3, 0.4) is 0 Å². The summed E-state index contributed by atoms with van der Waals surface area (Å²) in [6.07, 6.45) is 1.39. The molecule has 0 atom stereocenters. The molecule has 0 N–H and O–H groups in total. The van der Waals surface area contributed by atoms with Crippen molar-refractivity contribution in [3.63, 3.8) is 0 Å². The second-order valence-electron chi connectivity index (χ2n) is 2.24. The summed E-state index contributed by atoms with van der Waals surface area (Å²) in [7, 11) is 1.46. The molecule has 0 aromatic heterocycles. The molecule has 0 unspecified atom stereocenters. The van der Waals surface area contributed by atoms with Gasteiger partial charge in [-0.3, -0.25) is 9.59 Å². The maximum Gasteiger partial charge on any atom is 0.153 e.